The summed E-state index contributed by atoms with van der Waals surface area (Å²) in [4.78, 5) is 10.9. The molecule has 1 heterocycles. The molecule has 1 aromatic heterocycles. The number of aryl methyl sites for hydroxylation is 1. The van der Waals surface area contributed by atoms with E-state index in [4.69, 9.17) is 34.8 Å². The zero-order valence-electron chi connectivity index (χ0n) is 7.72. The lowest BCUT2D eigenvalue weighted by atomic mass is 10.2. The van der Waals surface area contributed by atoms with E-state index in [1.54, 1.807) is 23.7 Å². The molecule has 0 saturated heterocycles. The fraction of sp³-hybridized carbons (Fsp3) is 0.100. The van der Waals surface area contributed by atoms with Crippen LogP contribution in [-0.2, 0) is 7.05 Å². The van der Waals surface area contributed by atoms with Gasteiger partial charge in [-0.2, -0.15) is 0 Å². The number of aldehydes is 1. The minimum absolute atomic E-state index is 0.365. The Bertz CT molecular complexity index is 560. The van der Waals surface area contributed by atoms with E-state index >= 15 is 0 Å². The van der Waals surface area contributed by atoms with Gasteiger partial charge in [-0.1, -0.05) is 34.8 Å². The van der Waals surface area contributed by atoms with Gasteiger partial charge in [-0.15, -0.1) is 0 Å². The van der Waals surface area contributed by atoms with E-state index in [1.165, 1.54) is 0 Å². The lowest BCUT2D eigenvalue weighted by Gasteiger charge is -1.99. The molecule has 0 saturated carbocycles. The summed E-state index contributed by atoms with van der Waals surface area (Å²) in [6.07, 6.45) is 0.699. The molecule has 0 amide bonds. The van der Waals surface area contributed by atoms with Crippen molar-refractivity contribution < 1.29 is 4.79 Å². The van der Waals surface area contributed by atoms with Crippen molar-refractivity contribution in [2.75, 3.05) is 0 Å². The third kappa shape index (κ3) is 1.53. The van der Waals surface area contributed by atoms with E-state index in [0.29, 0.717) is 32.4 Å². The highest BCUT2D eigenvalue weighted by atomic mass is 35.5. The third-order valence-corrected chi connectivity index (χ3v) is 3.27. The minimum Gasteiger partial charge on any atom is -0.334 e. The largest absolute Gasteiger partial charge is 0.334 e. The van der Waals surface area contributed by atoms with Crippen molar-refractivity contribution >= 4 is 52.0 Å². The van der Waals surface area contributed by atoms with Gasteiger partial charge in [-0.05, 0) is 12.1 Å². The van der Waals surface area contributed by atoms with Crippen LogP contribution in [0.15, 0.2) is 12.1 Å². The summed E-state index contributed by atoms with van der Waals surface area (Å²) in [7, 11) is 1.75. The summed E-state index contributed by atoms with van der Waals surface area (Å²) in [6, 6.07) is 3.32. The average molecular weight is 263 g/mol. The molecule has 2 aromatic rings. The molecule has 2 nitrogen and oxygen atoms in total. The smallest absolute Gasteiger partial charge is 0.153 e. The van der Waals surface area contributed by atoms with E-state index in [2.05, 4.69) is 0 Å². The predicted molar refractivity (Wildman–Crippen MR) is 63.3 cm³/mol. The summed E-state index contributed by atoms with van der Waals surface area (Å²) in [5.41, 5.74) is 1.15. The van der Waals surface area contributed by atoms with Crippen LogP contribution in [0.2, 0.25) is 15.2 Å². The Hall–Kier alpha value is -0.700. The van der Waals surface area contributed by atoms with Crippen molar-refractivity contribution in [3.05, 3.63) is 32.9 Å². The van der Waals surface area contributed by atoms with Gasteiger partial charge in [0.05, 0.1) is 16.1 Å². The maximum atomic E-state index is 10.9. The van der Waals surface area contributed by atoms with Crippen LogP contribution in [0.3, 0.4) is 0 Å². The number of benzene rings is 1. The van der Waals surface area contributed by atoms with Gasteiger partial charge in [0.15, 0.2) is 6.29 Å². The number of nitrogens with zero attached hydrogens (tertiary/aromatic N) is 1. The Morgan fingerprint density at radius 1 is 1.27 bits per heavy atom. The summed E-state index contributed by atoms with van der Waals surface area (Å²) in [5.74, 6) is 0. The molecule has 78 valence electrons. The van der Waals surface area contributed by atoms with Crippen LogP contribution in [0.1, 0.15) is 10.4 Å². The molecule has 0 fully saturated rings. The van der Waals surface area contributed by atoms with Crippen LogP contribution >= 0.6 is 34.8 Å². The highest BCUT2D eigenvalue weighted by Crippen LogP contribution is 2.35. The fourth-order valence-corrected chi connectivity index (χ4v) is 2.40. The second kappa shape index (κ2) is 3.71. The molecule has 0 spiro atoms. The van der Waals surface area contributed by atoms with Gasteiger partial charge in [0.2, 0.25) is 0 Å². The Kier molecular flexibility index (Phi) is 2.67. The molecule has 0 N–H and O–H groups in total. The Labute approximate surface area is 101 Å². The first kappa shape index (κ1) is 10.8. The van der Waals surface area contributed by atoms with Crippen molar-refractivity contribution in [1.29, 1.82) is 0 Å². The molecular weight excluding hydrogens is 256 g/mol. The van der Waals surface area contributed by atoms with E-state index in [1.807, 2.05) is 0 Å². The minimum atomic E-state index is 0.365. The van der Waals surface area contributed by atoms with E-state index in [9.17, 15) is 4.79 Å². The summed E-state index contributed by atoms with van der Waals surface area (Å²) < 4.78 is 1.68. The van der Waals surface area contributed by atoms with Crippen molar-refractivity contribution in [1.82, 2.24) is 4.57 Å². The zero-order chi connectivity index (χ0) is 11.2. The average Bonchev–Trinajstić information content (AvgIpc) is 2.42. The molecule has 0 radical (unpaired) electrons. The number of halogens is 3. The Morgan fingerprint density at radius 2 is 1.93 bits per heavy atom. The molecule has 2 rings (SSSR count). The molecule has 0 aliphatic heterocycles. The second-order valence-electron chi connectivity index (χ2n) is 3.16. The van der Waals surface area contributed by atoms with Crippen LogP contribution in [0.25, 0.3) is 10.9 Å². The zero-order valence-corrected chi connectivity index (χ0v) is 9.99. The normalized spacial score (nSPS) is 10.9. The Morgan fingerprint density at radius 3 is 2.53 bits per heavy atom. The number of aromatic nitrogens is 1. The number of fused-ring (bicyclic) bond motifs is 1. The number of carbonyl (C=O) groups excluding carboxylic acids is 1. The second-order valence-corrected chi connectivity index (χ2v) is 4.36. The molecule has 0 aliphatic rings. The first-order valence-electron chi connectivity index (χ1n) is 4.14. The predicted octanol–water partition coefficient (Wildman–Crippen LogP) is 3.95. The molecule has 5 heteroatoms. The summed E-state index contributed by atoms with van der Waals surface area (Å²) in [6.45, 7) is 0. The molecule has 0 bridgehead atoms. The molecule has 1 aromatic carbocycles. The third-order valence-electron chi connectivity index (χ3n) is 2.30. The van der Waals surface area contributed by atoms with Crippen LogP contribution < -0.4 is 0 Å². The fourth-order valence-electron chi connectivity index (χ4n) is 1.59. The number of rotatable bonds is 1. The van der Waals surface area contributed by atoms with E-state index in [-0.39, 0.29) is 0 Å². The van der Waals surface area contributed by atoms with Crippen molar-refractivity contribution in [2.45, 2.75) is 0 Å². The first-order valence-corrected chi connectivity index (χ1v) is 5.27. The van der Waals surface area contributed by atoms with Crippen LogP contribution in [0.5, 0.6) is 0 Å². The SMILES string of the molecule is Cn1c(Cl)c(C=O)c2c(Cl)cc(Cl)cc21. The highest BCUT2D eigenvalue weighted by molar-refractivity contribution is 6.41. The van der Waals surface area contributed by atoms with E-state index in [0.717, 1.165) is 5.52 Å². The van der Waals surface area contributed by atoms with Crippen molar-refractivity contribution in [2.24, 2.45) is 7.05 Å². The van der Waals surface area contributed by atoms with Gasteiger partial charge < -0.3 is 4.57 Å². The monoisotopic (exact) mass is 261 g/mol. The Balaban J connectivity index is 3.03. The van der Waals surface area contributed by atoms with Crippen LogP contribution in [0, 0.1) is 0 Å². The molecule has 0 atom stereocenters. The van der Waals surface area contributed by atoms with Gasteiger partial charge in [0.1, 0.15) is 5.15 Å². The molecule has 0 unspecified atom stereocenters. The highest BCUT2D eigenvalue weighted by Gasteiger charge is 2.16. The van der Waals surface area contributed by atoms with Crippen molar-refractivity contribution in [3.8, 4) is 0 Å². The van der Waals surface area contributed by atoms with Gasteiger partial charge >= 0.3 is 0 Å². The number of hydrogen-bond acceptors (Lipinski definition) is 1. The topological polar surface area (TPSA) is 22.0 Å². The number of hydrogen-bond donors (Lipinski definition) is 0. The number of carbonyl (C=O) groups is 1. The lowest BCUT2D eigenvalue weighted by molar-refractivity contribution is 0.112. The standard InChI is InChI=1S/C10H6Cl3NO/c1-14-8-3-5(11)2-7(12)9(8)6(4-15)10(14)13/h2-4H,1H3. The molecular formula is C10H6Cl3NO. The quantitative estimate of drug-likeness (QED) is 0.713. The van der Waals surface area contributed by atoms with Crippen LogP contribution in [-0.4, -0.2) is 10.9 Å². The summed E-state index contributed by atoms with van der Waals surface area (Å²) >= 11 is 17.9. The van der Waals surface area contributed by atoms with Gasteiger partial charge in [-0.3, -0.25) is 4.79 Å². The lowest BCUT2D eigenvalue weighted by Crippen LogP contribution is -1.86. The first-order chi connectivity index (χ1) is 7.06. The van der Waals surface area contributed by atoms with E-state index < -0.39 is 0 Å². The molecule has 0 aliphatic carbocycles. The van der Waals surface area contributed by atoms with Gasteiger partial charge in [0.25, 0.3) is 0 Å². The van der Waals surface area contributed by atoms with Gasteiger partial charge in [-0.25, -0.2) is 0 Å². The maximum absolute atomic E-state index is 10.9. The molecule has 15 heavy (non-hydrogen) atoms. The maximum Gasteiger partial charge on any atom is 0.153 e. The van der Waals surface area contributed by atoms with Crippen LogP contribution in [0.4, 0.5) is 0 Å². The van der Waals surface area contributed by atoms with Crippen molar-refractivity contribution in [3.63, 3.8) is 0 Å². The summed E-state index contributed by atoms with van der Waals surface area (Å²) in [5, 5.41) is 1.96. The van der Waals surface area contributed by atoms with Gasteiger partial charge in [0, 0.05) is 17.5 Å².